The summed E-state index contributed by atoms with van der Waals surface area (Å²) in [5, 5.41) is 9.57. The van der Waals surface area contributed by atoms with Crippen LogP contribution < -0.4 is 5.73 Å². The van der Waals surface area contributed by atoms with Gasteiger partial charge >= 0.3 is 6.03 Å². The molecule has 0 saturated heterocycles. The lowest BCUT2D eigenvalue weighted by molar-refractivity contribution is 0.0496. The Labute approximate surface area is 113 Å². The molecule has 0 fully saturated rings. The lowest BCUT2D eigenvalue weighted by atomic mass is 9.90. The van der Waals surface area contributed by atoms with Crippen LogP contribution in [0, 0.1) is 11.3 Å². The second-order valence-electron chi connectivity index (χ2n) is 4.29. The first-order valence-electron chi connectivity index (χ1n) is 6.16. The Hall–Kier alpha value is -2.06. The fourth-order valence-electron chi connectivity index (χ4n) is 1.81. The average Bonchev–Trinajstić information content (AvgIpc) is 2.44. The van der Waals surface area contributed by atoms with E-state index in [1.807, 2.05) is 25.1 Å². The van der Waals surface area contributed by atoms with E-state index in [9.17, 15) is 10.1 Å². The van der Waals surface area contributed by atoms with Gasteiger partial charge in [0.25, 0.3) is 0 Å². The topological polar surface area (TPSA) is 79.3 Å². The molecule has 0 aliphatic heterocycles. The number of likely N-dealkylation sites (N-methyl/N-ethyl adjacent to an activating group) is 1. The van der Waals surface area contributed by atoms with Crippen molar-refractivity contribution in [2.24, 2.45) is 5.73 Å². The Morgan fingerprint density at radius 1 is 1.47 bits per heavy atom. The van der Waals surface area contributed by atoms with Crippen molar-refractivity contribution < 1.29 is 9.53 Å². The molecule has 1 unspecified atom stereocenters. The third-order valence-electron chi connectivity index (χ3n) is 3.00. The Morgan fingerprint density at radius 2 is 2.11 bits per heavy atom. The van der Waals surface area contributed by atoms with Gasteiger partial charge in [-0.15, -0.1) is 0 Å². The molecule has 0 saturated carbocycles. The number of benzene rings is 1. The van der Waals surface area contributed by atoms with Crippen molar-refractivity contribution in [3.8, 4) is 6.07 Å². The quantitative estimate of drug-likeness (QED) is 0.793. The second-order valence-corrected chi connectivity index (χ2v) is 4.29. The third kappa shape index (κ3) is 3.24. The minimum absolute atomic E-state index is 0.0980. The number of nitrogens with two attached hydrogens (primary N) is 1. The van der Waals surface area contributed by atoms with Gasteiger partial charge in [0.15, 0.2) is 5.54 Å². The van der Waals surface area contributed by atoms with Crippen molar-refractivity contribution in [3.05, 3.63) is 35.9 Å². The summed E-state index contributed by atoms with van der Waals surface area (Å²) in [7, 11) is 1.51. The van der Waals surface area contributed by atoms with Crippen molar-refractivity contribution in [2.75, 3.05) is 20.3 Å². The number of rotatable bonds is 6. The molecule has 2 N–H and O–H groups in total. The van der Waals surface area contributed by atoms with Crippen LogP contribution in [-0.2, 0) is 10.3 Å². The highest BCUT2D eigenvalue weighted by molar-refractivity contribution is 5.73. The first-order chi connectivity index (χ1) is 9.08. The number of hydrogen-bond acceptors (Lipinski definition) is 3. The van der Waals surface area contributed by atoms with Crippen molar-refractivity contribution in [3.63, 3.8) is 0 Å². The number of nitriles is 1. The van der Waals surface area contributed by atoms with E-state index in [0.717, 1.165) is 6.42 Å². The predicted molar refractivity (Wildman–Crippen MR) is 72.2 cm³/mol. The fourth-order valence-corrected chi connectivity index (χ4v) is 1.81. The third-order valence-corrected chi connectivity index (χ3v) is 3.00. The first-order valence-corrected chi connectivity index (χ1v) is 6.16. The van der Waals surface area contributed by atoms with Crippen molar-refractivity contribution in [2.45, 2.75) is 18.9 Å². The van der Waals surface area contributed by atoms with E-state index >= 15 is 0 Å². The molecule has 0 heterocycles. The van der Waals surface area contributed by atoms with Crippen molar-refractivity contribution in [1.29, 1.82) is 5.26 Å². The molecule has 102 valence electrons. The van der Waals surface area contributed by atoms with Crippen molar-refractivity contribution in [1.82, 2.24) is 4.90 Å². The lowest BCUT2D eigenvalue weighted by Gasteiger charge is -2.35. The number of amides is 2. The number of ether oxygens (including phenoxy) is 1. The molecule has 19 heavy (non-hydrogen) atoms. The van der Waals surface area contributed by atoms with E-state index in [4.69, 9.17) is 10.5 Å². The van der Waals surface area contributed by atoms with Gasteiger partial charge in [-0.2, -0.15) is 5.26 Å². The maximum Gasteiger partial charge on any atom is 0.316 e. The smallest absolute Gasteiger partial charge is 0.316 e. The highest BCUT2D eigenvalue weighted by Crippen LogP contribution is 2.27. The SMILES string of the molecule is CCCOCC(C#N)(c1ccccc1)N(C)C(N)=O. The number of primary amides is 1. The van der Waals surface area contributed by atoms with Crippen LogP contribution in [0.15, 0.2) is 30.3 Å². The van der Waals surface area contributed by atoms with Gasteiger partial charge in [-0.05, 0) is 12.0 Å². The number of carbonyl (C=O) groups is 1. The summed E-state index contributed by atoms with van der Waals surface area (Å²) >= 11 is 0. The largest absolute Gasteiger partial charge is 0.378 e. The van der Waals surface area contributed by atoms with Gasteiger partial charge in [-0.1, -0.05) is 37.3 Å². The summed E-state index contributed by atoms with van der Waals surface area (Å²) < 4.78 is 5.49. The lowest BCUT2D eigenvalue weighted by Crippen LogP contribution is -2.51. The summed E-state index contributed by atoms with van der Waals surface area (Å²) in [6.45, 7) is 2.61. The molecule has 0 aromatic heterocycles. The van der Waals surface area contributed by atoms with E-state index in [0.29, 0.717) is 12.2 Å². The normalized spacial score (nSPS) is 13.3. The molecule has 1 atom stereocenters. The molecular formula is C14H19N3O2. The zero-order valence-electron chi connectivity index (χ0n) is 11.3. The first kappa shape index (κ1) is 15.0. The average molecular weight is 261 g/mol. The van der Waals surface area contributed by atoms with E-state index in [-0.39, 0.29) is 6.61 Å². The highest BCUT2D eigenvalue weighted by Gasteiger charge is 2.39. The molecule has 2 amide bonds. The van der Waals surface area contributed by atoms with Crippen molar-refractivity contribution >= 4 is 6.03 Å². The summed E-state index contributed by atoms with van der Waals surface area (Å²) in [6, 6.07) is 10.6. The predicted octanol–water partition coefficient (Wildman–Crippen LogP) is 1.84. The molecule has 0 aliphatic carbocycles. The molecule has 0 bridgehead atoms. The number of nitrogens with zero attached hydrogens (tertiary/aromatic N) is 2. The van der Waals surface area contributed by atoms with Crippen LogP contribution in [0.2, 0.25) is 0 Å². The second kappa shape index (κ2) is 6.76. The van der Waals surface area contributed by atoms with Crippen LogP contribution in [0.5, 0.6) is 0 Å². The monoisotopic (exact) mass is 261 g/mol. The zero-order valence-corrected chi connectivity index (χ0v) is 11.3. The molecular weight excluding hydrogens is 242 g/mol. The van der Waals surface area contributed by atoms with Gasteiger partial charge in [0.05, 0.1) is 12.7 Å². The molecule has 1 aromatic rings. The van der Waals surface area contributed by atoms with Gasteiger partial charge < -0.3 is 15.4 Å². The fraction of sp³-hybridized carbons (Fsp3) is 0.429. The van der Waals surface area contributed by atoms with Gasteiger partial charge in [0.2, 0.25) is 0 Å². The van der Waals surface area contributed by atoms with E-state index < -0.39 is 11.6 Å². The van der Waals surface area contributed by atoms with Gasteiger partial charge in [0, 0.05) is 13.7 Å². The minimum Gasteiger partial charge on any atom is -0.378 e. The maximum atomic E-state index is 11.5. The minimum atomic E-state index is -1.19. The molecule has 0 aliphatic rings. The van der Waals surface area contributed by atoms with Crippen LogP contribution in [0.3, 0.4) is 0 Å². The summed E-state index contributed by atoms with van der Waals surface area (Å²) in [6.07, 6.45) is 0.844. The molecule has 1 rings (SSSR count). The maximum absolute atomic E-state index is 11.5. The van der Waals surface area contributed by atoms with Gasteiger partial charge in [-0.3, -0.25) is 0 Å². The molecule has 5 heteroatoms. The molecule has 1 aromatic carbocycles. The van der Waals surface area contributed by atoms with Gasteiger partial charge in [-0.25, -0.2) is 4.79 Å². The van der Waals surface area contributed by atoms with Crippen LogP contribution in [0.25, 0.3) is 0 Å². The summed E-state index contributed by atoms with van der Waals surface area (Å²) in [5.41, 5.74) is 4.82. The number of hydrogen-bond donors (Lipinski definition) is 1. The van der Waals surface area contributed by atoms with Crippen LogP contribution in [-0.4, -0.2) is 31.2 Å². The highest BCUT2D eigenvalue weighted by atomic mass is 16.5. The molecule has 0 spiro atoms. The molecule has 0 radical (unpaired) electrons. The Balaban J connectivity index is 3.15. The Morgan fingerprint density at radius 3 is 2.58 bits per heavy atom. The molecule has 5 nitrogen and oxygen atoms in total. The van der Waals surface area contributed by atoms with E-state index in [1.54, 1.807) is 12.1 Å². The van der Waals surface area contributed by atoms with Crippen LogP contribution in [0.1, 0.15) is 18.9 Å². The van der Waals surface area contributed by atoms with Gasteiger partial charge in [0.1, 0.15) is 0 Å². The number of carbonyl (C=O) groups excluding carboxylic acids is 1. The van der Waals surface area contributed by atoms with Crippen LogP contribution in [0.4, 0.5) is 4.79 Å². The van der Waals surface area contributed by atoms with Crippen LogP contribution >= 0.6 is 0 Å². The standard InChI is InChI=1S/C14H19N3O2/c1-3-9-19-11-14(10-15,17(2)13(16)18)12-7-5-4-6-8-12/h4-8H,3,9,11H2,1-2H3,(H2,16,18). The Kier molecular flexibility index (Phi) is 5.34. The zero-order chi connectivity index (χ0) is 14.3. The number of urea groups is 1. The van der Waals surface area contributed by atoms with E-state index in [1.165, 1.54) is 11.9 Å². The summed E-state index contributed by atoms with van der Waals surface area (Å²) in [4.78, 5) is 12.7. The Bertz CT molecular complexity index is 456. The van der Waals surface area contributed by atoms with E-state index in [2.05, 4.69) is 6.07 Å². The summed E-state index contributed by atoms with van der Waals surface area (Å²) in [5.74, 6) is 0.